The Hall–Kier alpha value is -2.97. The predicted molar refractivity (Wildman–Crippen MR) is 128 cm³/mol. The van der Waals surface area contributed by atoms with Crippen LogP contribution in [0, 0.1) is 0 Å². The average Bonchev–Trinajstić information content (AvgIpc) is 3.08. The largest absolute Gasteiger partial charge is 0.496 e. The number of halogens is 1. The molecule has 164 valence electrons. The summed E-state index contributed by atoms with van der Waals surface area (Å²) in [5.41, 5.74) is 2.40. The summed E-state index contributed by atoms with van der Waals surface area (Å²) in [6.07, 6.45) is 1.82. The number of rotatable bonds is 5. The summed E-state index contributed by atoms with van der Waals surface area (Å²) in [7, 11) is 1.60. The van der Waals surface area contributed by atoms with Crippen molar-refractivity contribution in [2.45, 2.75) is 19.9 Å². The van der Waals surface area contributed by atoms with Crippen LogP contribution in [0.1, 0.15) is 31.0 Å². The summed E-state index contributed by atoms with van der Waals surface area (Å²) >= 11 is 4.78. The third kappa shape index (κ3) is 4.08. The number of aromatic nitrogens is 1. The standard InChI is InChI=1S/C24H21BrN2O4S/c1-4-31-23(29)20-14(2)26-24-27(21(20)16-8-6-5-7-9-16)22(28)19(32-24)13-15-10-11-18(30-3)17(25)12-15/h5-13,21H,4H2,1-3H3/b19-13-/t21-/m0/s1. The first-order chi connectivity index (χ1) is 15.4. The zero-order valence-electron chi connectivity index (χ0n) is 17.8. The molecule has 1 aliphatic heterocycles. The molecular weight excluding hydrogens is 492 g/mol. The molecule has 3 aromatic rings. The maximum absolute atomic E-state index is 13.5. The van der Waals surface area contributed by atoms with E-state index in [9.17, 15) is 9.59 Å². The molecule has 0 bridgehead atoms. The van der Waals surface area contributed by atoms with Crippen molar-refractivity contribution in [1.82, 2.24) is 4.57 Å². The van der Waals surface area contributed by atoms with Gasteiger partial charge in [0.1, 0.15) is 5.75 Å². The second kappa shape index (κ2) is 9.26. The van der Waals surface area contributed by atoms with E-state index >= 15 is 0 Å². The van der Waals surface area contributed by atoms with Crippen LogP contribution in [0.3, 0.4) is 0 Å². The Morgan fingerprint density at radius 2 is 2.00 bits per heavy atom. The van der Waals surface area contributed by atoms with Crippen molar-refractivity contribution in [3.05, 3.63) is 95.1 Å². The van der Waals surface area contributed by atoms with Gasteiger partial charge in [-0.25, -0.2) is 9.79 Å². The molecule has 0 N–H and O–H groups in total. The first kappa shape index (κ1) is 22.2. The number of hydrogen-bond acceptors (Lipinski definition) is 6. The summed E-state index contributed by atoms with van der Waals surface area (Å²) in [6.45, 7) is 3.78. The fourth-order valence-corrected chi connectivity index (χ4v) is 5.27. The number of ether oxygens (including phenoxy) is 2. The number of fused-ring (bicyclic) bond motifs is 1. The first-order valence-electron chi connectivity index (χ1n) is 10.0. The van der Waals surface area contributed by atoms with Gasteiger partial charge in [-0.1, -0.05) is 47.7 Å². The number of carbonyl (C=O) groups excluding carboxylic acids is 1. The molecule has 2 aromatic carbocycles. The number of thiazole rings is 1. The van der Waals surface area contributed by atoms with Crippen LogP contribution >= 0.6 is 27.3 Å². The number of nitrogens with zero attached hydrogens (tertiary/aromatic N) is 2. The molecule has 4 rings (SSSR count). The summed E-state index contributed by atoms with van der Waals surface area (Å²) in [6, 6.07) is 14.5. The van der Waals surface area contributed by atoms with Crippen LogP contribution in [-0.4, -0.2) is 24.3 Å². The lowest BCUT2D eigenvalue weighted by Crippen LogP contribution is -2.39. The predicted octanol–water partition coefficient (Wildman–Crippen LogP) is 3.57. The van der Waals surface area contributed by atoms with E-state index in [0.29, 0.717) is 26.4 Å². The third-order valence-electron chi connectivity index (χ3n) is 5.11. The van der Waals surface area contributed by atoms with Crippen LogP contribution in [0.25, 0.3) is 6.08 Å². The molecule has 1 atom stereocenters. The molecule has 1 aliphatic rings. The SMILES string of the molecule is CCOC(=O)C1=C(C)N=c2s/c(=C\c3ccc(OC)c(Br)c3)c(=O)n2[C@H]1c1ccccc1. The Labute approximate surface area is 197 Å². The van der Waals surface area contributed by atoms with Crippen molar-refractivity contribution >= 4 is 39.3 Å². The van der Waals surface area contributed by atoms with E-state index in [-0.39, 0.29) is 12.2 Å². The molecular formula is C24H21BrN2O4S. The lowest BCUT2D eigenvalue weighted by Gasteiger charge is -2.24. The van der Waals surface area contributed by atoms with Gasteiger partial charge in [-0.15, -0.1) is 0 Å². The number of hydrogen-bond donors (Lipinski definition) is 0. The van der Waals surface area contributed by atoms with Crippen molar-refractivity contribution in [2.75, 3.05) is 13.7 Å². The monoisotopic (exact) mass is 512 g/mol. The number of allylic oxidation sites excluding steroid dienone is 1. The van der Waals surface area contributed by atoms with E-state index in [1.807, 2.05) is 54.6 Å². The van der Waals surface area contributed by atoms with E-state index in [1.54, 1.807) is 25.5 Å². The molecule has 8 heteroatoms. The van der Waals surface area contributed by atoms with E-state index in [4.69, 9.17) is 9.47 Å². The minimum atomic E-state index is -0.601. The highest BCUT2D eigenvalue weighted by Gasteiger charge is 2.33. The first-order valence-corrected chi connectivity index (χ1v) is 11.6. The van der Waals surface area contributed by atoms with Crippen molar-refractivity contribution < 1.29 is 14.3 Å². The van der Waals surface area contributed by atoms with Gasteiger partial charge in [-0.05, 0) is 59.1 Å². The Balaban J connectivity index is 1.92. The van der Waals surface area contributed by atoms with E-state index in [2.05, 4.69) is 20.9 Å². The van der Waals surface area contributed by atoms with Crippen LogP contribution in [0.4, 0.5) is 0 Å². The van der Waals surface area contributed by atoms with Crippen LogP contribution in [0.5, 0.6) is 5.75 Å². The van der Waals surface area contributed by atoms with Gasteiger partial charge in [0.15, 0.2) is 4.80 Å². The molecule has 0 radical (unpaired) electrons. The average molecular weight is 513 g/mol. The molecule has 0 spiro atoms. The molecule has 0 amide bonds. The normalized spacial score (nSPS) is 15.9. The smallest absolute Gasteiger partial charge is 0.338 e. The molecule has 0 saturated carbocycles. The second-order valence-corrected chi connectivity index (χ2v) is 8.97. The van der Waals surface area contributed by atoms with Crippen molar-refractivity contribution in [3.8, 4) is 5.75 Å². The third-order valence-corrected chi connectivity index (χ3v) is 6.71. The van der Waals surface area contributed by atoms with Gasteiger partial charge in [0.05, 0.1) is 40.0 Å². The zero-order chi connectivity index (χ0) is 22.8. The minimum Gasteiger partial charge on any atom is -0.496 e. The number of esters is 1. The van der Waals surface area contributed by atoms with E-state index in [1.165, 1.54) is 11.3 Å². The van der Waals surface area contributed by atoms with E-state index in [0.717, 1.165) is 15.6 Å². The molecule has 1 aromatic heterocycles. The van der Waals surface area contributed by atoms with Gasteiger partial charge >= 0.3 is 5.97 Å². The zero-order valence-corrected chi connectivity index (χ0v) is 20.2. The topological polar surface area (TPSA) is 69.9 Å². The van der Waals surface area contributed by atoms with Crippen molar-refractivity contribution in [3.63, 3.8) is 0 Å². The maximum Gasteiger partial charge on any atom is 0.338 e. The highest BCUT2D eigenvalue weighted by molar-refractivity contribution is 9.10. The van der Waals surface area contributed by atoms with E-state index < -0.39 is 12.0 Å². The molecule has 0 aliphatic carbocycles. The number of methoxy groups -OCH3 is 1. The summed E-state index contributed by atoms with van der Waals surface area (Å²) in [4.78, 5) is 31.5. The molecule has 0 saturated heterocycles. The summed E-state index contributed by atoms with van der Waals surface area (Å²) in [5.74, 6) is 0.248. The Kier molecular flexibility index (Phi) is 6.43. The van der Waals surface area contributed by atoms with Gasteiger partial charge in [0, 0.05) is 0 Å². The van der Waals surface area contributed by atoms with Crippen molar-refractivity contribution in [1.29, 1.82) is 0 Å². The highest BCUT2D eigenvalue weighted by Crippen LogP contribution is 2.30. The Morgan fingerprint density at radius 3 is 2.66 bits per heavy atom. The Morgan fingerprint density at radius 1 is 1.25 bits per heavy atom. The van der Waals surface area contributed by atoms with Gasteiger partial charge in [0.2, 0.25) is 0 Å². The highest BCUT2D eigenvalue weighted by atomic mass is 79.9. The molecule has 32 heavy (non-hydrogen) atoms. The fourth-order valence-electron chi connectivity index (χ4n) is 3.67. The van der Waals surface area contributed by atoms with Crippen LogP contribution in [0.15, 0.2) is 74.1 Å². The minimum absolute atomic E-state index is 0.205. The van der Waals surface area contributed by atoms with Gasteiger partial charge in [0.25, 0.3) is 5.56 Å². The molecule has 0 fully saturated rings. The molecule has 2 heterocycles. The lowest BCUT2D eigenvalue weighted by molar-refractivity contribution is -0.139. The number of carbonyl (C=O) groups is 1. The summed E-state index contributed by atoms with van der Waals surface area (Å²) < 4.78 is 13.5. The quantitative estimate of drug-likeness (QED) is 0.490. The molecule has 0 unspecified atom stereocenters. The Bertz CT molecular complexity index is 1390. The van der Waals surface area contributed by atoms with Crippen molar-refractivity contribution in [2.24, 2.45) is 4.99 Å². The van der Waals surface area contributed by atoms with Gasteiger partial charge < -0.3 is 9.47 Å². The maximum atomic E-state index is 13.5. The second-order valence-electron chi connectivity index (χ2n) is 7.11. The van der Waals surface area contributed by atoms with Gasteiger partial charge in [-0.3, -0.25) is 9.36 Å². The number of benzene rings is 2. The van der Waals surface area contributed by atoms with Gasteiger partial charge in [-0.2, -0.15) is 0 Å². The lowest BCUT2D eigenvalue weighted by atomic mass is 9.96. The fraction of sp³-hybridized carbons (Fsp3) is 0.208. The molecule has 6 nitrogen and oxygen atoms in total. The van der Waals surface area contributed by atoms with Crippen LogP contribution in [-0.2, 0) is 9.53 Å². The van der Waals surface area contributed by atoms with Crippen LogP contribution in [0.2, 0.25) is 0 Å². The summed E-state index contributed by atoms with van der Waals surface area (Å²) in [5, 5.41) is 0. The van der Waals surface area contributed by atoms with Crippen LogP contribution < -0.4 is 19.6 Å².